The Labute approximate surface area is 107 Å². The summed E-state index contributed by atoms with van der Waals surface area (Å²) < 4.78 is 4.55. The van der Waals surface area contributed by atoms with Gasteiger partial charge in [-0.1, -0.05) is 30.7 Å². The molecule has 0 saturated carbocycles. The van der Waals surface area contributed by atoms with Crippen LogP contribution in [0, 0.1) is 6.92 Å². The monoisotopic (exact) mass is 249 g/mol. The van der Waals surface area contributed by atoms with E-state index in [2.05, 4.69) is 47.5 Å². The maximum atomic E-state index is 5.88. The molecular weight excluding hydrogens is 232 g/mol. The first-order valence-corrected chi connectivity index (χ1v) is 6.38. The number of hydrogen-bond donors (Lipinski definition) is 0. The Kier molecular flexibility index (Phi) is 3.85. The number of rotatable bonds is 4. The van der Waals surface area contributed by atoms with Gasteiger partial charge in [-0.25, -0.2) is 9.13 Å². The van der Waals surface area contributed by atoms with E-state index in [1.54, 1.807) is 0 Å². The standard InChI is InChI=1S/C14H18ClN2/c1-3-8-16-9-10-17(12(16)2)11-13-4-6-14(15)7-5-13/h4-7,9-10H,3,8,11H2,1-2H3/q+1. The molecule has 0 aliphatic heterocycles. The molecule has 1 heterocycles. The van der Waals surface area contributed by atoms with Crippen molar-refractivity contribution in [3.8, 4) is 0 Å². The molecule has 0 fully saturated rings. The van der Waals surface area contributed by atoms with Gasteiger partial charge in [0.2, 0.25) is 0 Å². The van der Waals surface area contributed by atoms with Gasteiger partial charge in [0.05, 0.1) is 6.54 Å². The van der Waals surface area contributed by atoms with Gasteiger partial charge < -0.3 is 0 Å². The van der Waals surface area contributed by atoms with Gasteiger partial charge in [-0.2, -0.15) is 0 Å². The maximum absolute atomic E-state index is 5.88. The third-order valence-electron chi connectivity index (χ3n) is 2.99. The Balaban J connectivity index is 2.16. The molecule has 1 aromatic carbocycles. The van der Waals surface area contributed by atoms with Crippen molar-refractivity contribution in [2.24, 2.45) is 0 Å². The van der Waals surface area contributed by atoms with Crippen molar-refractivity contribution in [3.05, 3.63) is 53.1 Å². The quantitative estimate of drug-likeness (QED) is 0.736. The molecule has 2 rings (SSSR count). The minimum Gasteiger partial charge on any atom is -0.234 e. The molecule has 0 unspecified atom stereocenters. The lowest BCUT2D eigenvalue weighted by Crippen LogP contribution is -2.36. The summed E-state index contributed by atoms with van der Waals surface area (Å²) in [5, 5.41) is 0.791. The van der Waals surface area contributed by atoms with Crippen LogP contribution < -0.4 is 4.57 Å². The third-order valence-corrected chi connectivity index (χ3v) is 3.24. The van der Waals surface area contributed by atoms with Gasteiger partial charge in [0, 0.05) is 11.9 Å². The van der Waals surface area contributed by atoms with Crippen LogP contribution in [-0.4, -0.2) is 4.57 Å². The second-order valence-corrected chi connectivity index (χ2v) is 4.73. The van der Waals surface area contributed by atoms with Crippen LogP contribution in [0.5, 0.6) is 0 Å². The molecule has 2 aromatic rings. The van der Waals surface area contributed by atoms with Crippen molar-refractivity contribution in [3.63, 3.8) is 0 Å². The number of imidazole rings is 1. The number of nitrogens with zero attached hydrogens (tertiary/aromatic N) is 2. The molecule has 0 bridgehead atoms. The lowest BCUT2D eigenvalue weighted by atomic mass is 10.2. The first kappa shape index (κ1) is 12.2. The minimum absolute atomic E-state index is 0.791. The lowest BCUT2D eigenvalue weighted by Gasteiger charge is -2.01. The summed E-state index contributed by atoms with van der Waals surface area (Å²) in [5.41, 5.74) is 1.27. The molecule has 1 aromatic heterocycles. The van der Waals surface area contributed by atoms with Gasteiger partial charge in [-0.3, -0.25) is 0 Å². The van der Waals surface area contributed by atoms with Crippen LogP contribution in [0.1, 0.15) is 24.7 Å². The second kappa shape index (κ2) is 5.37. The Morgan fingerprint density at radius 1 is 1.24 bits per heavy atom. The molecular formula is C14H18ClN2+. The summed E-state index contributed by atoms with van der Waals surface area (Å²) in [6, 6.07) is 8.03. The molecule has 0 aliphatic carbocycles. The van der Waals surface area contributed by atoms with Crippen molar-refractivity contribution in [1.82, 2.24) is 4.57 Å². The molecule has 17 heavy (non-hydrogen) atoms. The van der Waals surface area contributed by atoms with Crippen molar-refractivity contribution >= 4 is 11.6 Å². The predicted molar refractivity (Wildman–Crippen MR) is 70.2 cm³/mol. The zero-order valence-corrected chi connectivity index (χ0v) is 11.1. The highest BCUT2D eigenvalue weighted by Crippen LogP contribution is 2.09. The van der Waals surface area contributed by atoms with E-state index in [4.69, 9.17) is 11.6 Å². The van der Waals surface area contributed by atoms with E-state index in [1.165, 1.54) is 11.4 Å². The zero-order chi connectivity index (χ0) is 12.3. The molecule has 2 nitrogen and oxygen atoms in total. The van der Waals surface area contributed by atoms with Gasteiger partial charge >= 0.3 is 0 Å². The van der Waals surface area contributed by atoms with Crippen LogP contribution in [0.15, 0.2) is 36.7 Å². The topological polar surface area (TPSA) is 8.81 Å². The van der Waals surface area contributed by atoms with Gasteiger partial charge in [-0.15, -0.1) is 0 Å². The summed E-state index contributed by atoms with van der Waals surface area (Å²) >= 11 is 5.88. The highest BCUT2D eigenvalue weighted by molar-refractivity contribution is 6.30. The number of aromatic nitrogens is 2. The van der Waals surface area contributed by atoms with Crippen LogP contribution in [-0.2, 0) is 13.1 Å². The first-order valence-electron chi connectivity index (χ1n) is 6.00. The van der Waals surface area contributed by atoms with E-state index in [0.717, 1.165) is 24.5 Å². The Morgan fingerprint density at radius 3 is 2.59 bits per heavy atom. The van der Waals surface area contributed by atoms with E-state index >= 15 is 0 Å². The van der Waals surface area contributed by atoms with E-state index in [-0.39, 0.29) is 0 Å². The van der Waals surface area contributed by atoms with E-state index < -0.39 is 0 Å². The van der Waals surface area contributed by atoms with Gasteiger partial charge in [0.1, 0.15) is 18.9 Å². The van der Waals surface area contributed by atoms with E-state index in [0.29, 0.717) is 0 Å². The smallest absolute Gasteiger partial charge is 0.234 e. The first-order chi connectivity index (χ1) is 8.20. The summed E-state index contributed by atoms with van der Waals surface area (Å²) in [6.07, 6.45) is 5.45. The molecule has 0 saturated heterocycles. The van der Waals surface area contributed by atoms with Crippen LogP contribution in [0.2, 0.25) is 5.02 Å². The van der Waals surface area contributed by atoms with Crippen LogP contribution >= 0.6 is 11.6 Å². The summed E-state index contributed by atoms with van der Waals surface area (Å²) in [4.78, 5) is 0. The Morgan fingerprint density at radius 2 is 1.94 bits per heavy atom. The number of benzene rings is 1. The van der Waals surface area contributed by atoms with Gasteiger partial charge in [0.15, 0.2) is 0 Å². The molecule has 90 valence electrons. The van der Waals surface area contributed by atoms with Crippen LogP contribution in [0.4, 0.5) is 0 Å². The van der Waals surface area contributed by atoms with E-state index in [1.807, 2.05) is 12.1 Å². The SMILES string of the molecule is CCCn1cc[n+](Cc2ccc(Cl)cc2)c1C. The molecule has 3 heteroatoms. The highest BCUT2D eigenvalue weighted by Gasteiger charge is 2.11. The Hall–Kier alpha value is -1.28. The summed E-state index contributed by atoms with van der Waals surface area (Å²) in [5.74, 6) is 1.29. The van der Waals surface area contributed by atoms with Crippen molar-refractivity contribution < 1.29 is 4.57 Å². The van der Waals surface area contributed by atoms with Gasteiger partial charge in [-0.05, 0) is 24.1 Å². The average molecular weight is 250 g/mol. The van der Waals surface area contributed by atoms with Crippen molar-refractivity contribution in [1.29, 1.82) is 0 Å². The number of aryl methyl sites for hydroxylation is 1. The molecule has 0 N–H and O–H groups in total. The van der Waals surface area contributed by atoms with Crippen LogP contribution in [0.3, 0.4) is 0 Å². The summed E-state index contributed by atoms with van der Waals surface area (Å²) in [7, 11) is 0. The summed E-state index contributed by atoms with van der Waals surface area (Å²) in [6.45, 7) is 6.34. The molecule has 0 amide bonds. The fraction of sp³-hybridized carbons (Fsp3) is 0.357. The number of halogens is 1. The normalized spacial score (nSPS) is 10.8. The molecule has 0 atom stereocenters. The molecule has 0 aliphatic rings. The fourth-order valence-electron chi connectivity index (χ4n) is 1.97. The highest BCUT2D eigenvalue weighted by atomic mass is 35.5. The van der Waals surface area contributed by atoms with Gasteiger partial charge in [0.25, 0.3) is 5.82 Å². The Bertz CT molecular complexity index is 485. The fourth-order valence-corrected chi connectivity index (χ4v) is 2.10. The minimum atomic E-state index is 0.791. The third kappa shape index (κ3) is 2.89. The lowest BCUT2D eigenvalue weighted by molar-refractivity contribution is -0.694. The second-order valence-electron chi connectivity index (χ2n) is 4.29. The predicted octanol–water partition coefficient (Wildman–Crippen LogP) is 3.20. The largest absolute Gasteiger partial charge is 0.253 e. The maximum Gasteiger partial charge on any atom is 0.253 e. The van der Waals surface area contributed by atoms with E-state index in [9.17, 15) is 0 Å². The number of hydrogen-bond acceptors (Lipinski definition) is 0. The van der Waals surface area contributed by atoms with Crippen molar-refractivity contribution in [2.75, 3.05) is 0 Å². The van der Waals surface area contributed by atoms with Crippen LogP contribution in [0.25, 0.3) is 0 Å². The zero-order valence-electron chi connectivity index (χ0n) is 10.4. The average Bonchev–Trinajstić information content (AvgIpc) is 2.65. The molecule has 0 spiro atoms. The molecule has 0 radical (unpaired) electrons. The van der Waals surface area contributed by atoms with Crippen molar-refractivity contribution in [2.45, 2.75) is 33.4 Å².